The summed E-state index contributed by atoms with van der Waals surface area (Å²) >= 11 is 5.40. The van der Waals surface area contributed by atoms with Gasteiger partial charge in [-0.25, -0.2) is 4.79 Å². The average molecular weight is 499 g/mol. The summed E-state index contributed by atoms with van der Waals surface area (Å²) in [5.41, 5.74) is 0.557. The number of carbonyl (C=O) groups excluding carboxylic acids is 1. The van der Waals surface area contributed by atoms with Crippen molar-refractivity contribution in [2.75, 3.05) is 54.9 Å². The summed E-state index contributed by atoms with van der Waals surface area (Å²) in [5, 5.41) is 8.35. The van der Waals surface area contributed by atoms with E-state index >= 15 is 0 Å². The van der Waals surface area contributed by atoms with Crippen molar-refractivity contribution in [2.24, 2.45) is 0 Å². The maximum atomic E-state index is 11.0. The highest BCUT2D eigenvalue weighted by Gasteiger charge is 2.10. The average Bonchev–Trinajstić information content (AvgIpc) is 2.84. The summed E-state index contributed by atoms with van der Waals surface area (Å²) in [6.07, 6.45) is 1.50. The normalized spacial score (nSPS) is 10.0. The summed E-state index contributed by atoms with van der Waals surface area (Å²) < 4.78 is 31.0. The third-order valence-electron chi connectivity index (χ3n) is 4.30. The number of benzene rings is 2. The first-order valence-electron chi connectivity index (χ1n) is 10.4. The molecule has 0 aromatic heterocycles. The summed E-state index contributed by atoms with van der Waals surface area (Å²) in [6.45, 7) is 2.16. The molecular weight excluding hydrogens is 468 g/mol. The molecule has 0 aliphatic carbocycles. The van der Waals surface area contributed by atoms with Crippen LogP contribution < -0.4 is 18.9 Å². The third kappa shape index (κ3) is 10.3. The maximum absolute atomic E-state index is 11.0. The molecule has 0 radical (unpaired) electrons. The van der Waals surface area contributed by atoms with E-state index in [1.807, 2.05) is 0 Å². The number of carbonyl (C=O) groups is 2. The molecule has 188 valence electrons. The van der Waals surface area contributed by atoms with Crippen molar-refractivity contribution in [2.45, 2.75) is 12.8 Å². The molecule has 0 spiro atoms. The van der Waals surface area contributed by atoms with Crippen LogP contribution in [0.1, 0.15) is 33.6 Å². The van der Waals surface area contributed by atoms with Crippen molar-refractivity contribution in [1.82, 2.24) is 0 Å². The monoisotopic (exact) mass is 498 g/mol. The molecule has 2 aromatic rings. The van der Waals surface area contributed by atoms with E-state index in [0.29, 0.717) is 55.0 Å². The highest BCUT2D eigenvalue weighted by Crippen LogP contribution is 2.29. The lowest BCUT2D eigenvalue weighted by molar-refractivity contribution is 0.0696. The van der Waals surface area contributed by atoms with Gasteiger partial charge in [-0.1, -0.05) is 0 Å². The first kappa shape index (κ1) is 29.0. The van der Waals surface area contributed by atoms with Crippen LogP contribution in [-0.4, -0.2) is 71.2 Å². The summed E-state index contributed by atoms with van der Waals surface area (Å²) in [5.74, 6) is 1.05. The zero-order valence-electron chi connectivity index (χ0n) is 19.8. The van der Waals surface area contributed by atoms with Crippen LogP contribution in [0.25, 0.3) is 0 Å². The number of ether oxygens (including phenoxy) is 6. The number of hydrogen-bond acceptors (Lipinski definition) is 8. The Morgan fingerprint density at radius 3 is 1.53 bits per heavy atom. The van der Waals surface area contributed by atoms with Crippen molar-refractivity contribution in [3.63, 3.8) is 0 Å². The highest BCUT2D eigenvalue weighted by molar-refractivity contribution is 6.67. The van der Waals surface area contributed by atoms with E-state index in [1.54, 1.807) is 45.6 Å². The molecule has 10 heteroatoms. The Labute approximate surface area is 204 Å². The van der Waals surface area contributed by atoms with Crippen molar-refractivity contribution < 1.29 is 43.1 Å². The van der Waals surface area contributed by atoms with Crippen LogP contribution in [0.15, 0.2) is 36.4 Å². The fraction of sp³-hybridized carbons (Fsp3) is 0.417. The van der Waals surface area contributed by atoms with Gasteiger partial charge in [0.1, 0.15) is 0 Å². The predicted molar refractivity (Wildman–Crippen MR) is 127 cm³/mol. The van der Waals surface area contributed by atoms with Gasteiger partial charge in [0.2, 0.25) is 0 Å². The Kier molecular flexibility index (Phi) is 14.2. The Morgan fingerprint density at radius 1 is 0.706 bits per heavy atom. The van der Waals surface area contributed by atoms with Gasteiger partial charge < -0.3 is 33.5 Å². The molecule has 0 heterocycles. The molecule has 1 N–H and O–H groups in total. The van der Waals surface area contributed by atoms with Gasteiger partial charge in [-0.05, 0) is 48.0 Å². The Bertz CT molecular complexity index is 829. The number of rotatable bonds is 14. The van der Waals surface area contributed by atoms with Crippen LogP contribution in [-0.2, 0) is 9.47 Å². The van der Waals surface area contributed by atoms with Crippen molar-refractivity contribution >= 4 is 22.8 Å². The van der Waals surface area contributed by atoms with Crippen molar-refractivity contribution in [1.29, 1.82) is 0 Å². The molecule has 9 nitrogen and oxygen atoms in total. The second kappa shape index (κ2) is 16.6. The molecule has 0 bridgehead atoms. The molecule has 0 amide bonds. The minimum Gasteiger partial charge on any atom is -0.493 e. The third-order valence-corrected chi connectivity index (χ3v) is 4.52. The van der Waals surface area contributed by atoms with Gasteiger partial charge in [-0.2, -0.15) is 0 Å². The zero-order chi connectivity index (χ0) is 25.3. The standard InChI is InChI=1S/C12H15ClO4.C12H16O5/c2*1-15-6-3-7-17-11-8-9(12(13)14)4-5-10(11)16-2/h4-5,8H,3,6-7H2,1-2H3;4-5,8H,3,6-7H2,1-2H3,(H,13,14). The van der Waals surface area contributed by atoms with Crippen molar-refractivity contribution in [3.05, 3.63) is 47.5 Å². The van der Waals surface area contributed by atoms with Gasteiger partial charge in [0.05, 0.1) is 33.0 Å². The Morgan fingerprint density at radius 2 is 1.15 bits per heavy atom. The van der Waals surface area contributed by atoms with Crippen LogP contribution in [0.2, 0.25) is 0 Å². The highest BCUT2D eigenvalue weighted by atomic mass is 35.5. The number of hydrogen-bond donors (Lipinski definition) is 1. The molecule has 0 saturated carbocycles. The number of carboxylic acid groups (broad SMARTS) is 1. The van der Waals surface area contributed by atoms with Gasteiger partial charge in [-0.3, -0.25) is 4.79 Å². The van der Waals surface area contributed by atoms with Crippen LogP contribution >= 0.6 is 11.6 Å². The SMILES string of the molecule is COCCCOc1cc(C(=O)Cl)ccc1OC.COCCCOc1cc(C(=O)O)ccc1OC. The topological polar surface area (TPSA) is 110 Å². The van der Waals surface area contributed by atoms with Gasteiger partial charge >= 0.3 is 5.97 Å². The zero-order valence-corrected chi connectivity index (χ0v) is 20.6. The molecular formula is C24H31ClO9. The van der Waals surface area contributed by atoms with Crippen LogP contribution in [0, 0.1) is 0 Å². The van der Waals surface area contributed by atoms with Crippen LogP contribution in [0.3, 0.4) is 0 Å². The first-order valence-corrected chi connectivity index (χ1v) is 10.8. The Hall–Kier alpha value is -3.01. The smallest absolute Gasteiger partial charge is 0.335 e. The first-order chi connectivity index (χ1) is 16.4. The minimum atomic E-state index is -0.991. The largest absolute Gasteiger partial charge is 0.493 e. The fourth-order valence-corrected chi connectivity index (χ4v) is 2.72. The molecule has 0 atom stereocenters. The number of aromatic carboxylic acids is 1. The molecule has 0 aliphatic heterocycles. The molecule has 0 aliphatic rings. The van der Waals surface area contributed by atoms with Gasteiger partial charge in [-0.15, -0.1) is 0 Å². The lowest BCUT2D eigenvalue weighted by atomic mass is 10.2. The van der Waals surface area contributed by atoms with E-state index in [1.165, 1.54) is 19.2 Å². The number of carboxylic acids is 1. The lowest BCUT2D eigenvalue weighted by Gasteiger charge is -2.11. The predicted octanol–water partition coefficient (Wildman–Crippen LogP) is 4.30. The minimum absolute atomic E-state index is 0.174. The van der Waals surface area contributed by atoms with Gasteiger partial charge in [0.15, 0.2) is 23.0 Å². The van der Waals surface area contributed by atoms with E-state index in [-0.39, 0.29) is 5.56 Å². The summed E-state index contributed by atoms with van der Waals surface area (Å²) in [6, 6.07) is 9.32. The van der Waals surface area contributed by atoms with Crippen molar-refractivity contribution in [3.8, 4) is 23.0 Å². The molecule has 2 rings (SSSR count). The van der Waals surface area contributed by atoms with E-state index < -0.39 is 11.2 Å². The van der Waals surface area contributed by atoms with E-state index in [4.69, 9.17) is 45.1 Å². The van der Waals surface area contributed by atoms with Crippen LogP contribution in [0.4, 0.5) is 0 Å². The second-order valence-corrected chi connectivity index (χ2v) is 7.04. The molecule has 2 aromatic carbocycles. The number of halogens is 1. The number of methoxy groups -OCH3 is 4. The maximum Gasteiger partial charge on any atom is 0.335 e. The molecule has 34 heavy (non-hydrogen) atoms. The molecule has 0 unspecified atom stereocenters. The molecule has 0 saturated heterocycles. The quantitative estimate of drug-likeness (QED) is 0.301. The second-order valence-electron chi connectivity index (χ2n) is 6.70. The van der Waals surface area contributed by atoms with Gasteiger partial charge in [0, 0.05) is 45.8 Å². The summed E-state index contributed by atoms with van der Waals surface area (Å²) in [4.78, 5) is 21.8. The van der Waals surface area contributed by atoms with Crippen LogP contribution in [0.5, 0.6) is 23.0 Å². The Balaban J connectivity index is 0.000000340. The molecule has 0 fully saturated rings. The van der Waals surface area contributed by atoms with E-state index in [9.17, 15) is 9.59 Å². The van der Waals surface area contributed by atoms with E-state index in [0.717, 1.165) is 12.8 Å². The van der Waals surface area contributed by atoms with Gasteiger partial charge in [0.25, 0.3) is 5.24 Å². The summed E-state index contributed by atoms with van der Waals surface area (Å²) in [7, 11) is 6.30. The fourth-order valence-electron chi connectivity index (χ4n) is 2.61. The lowest BCUT2D eigenvalue weighted by Crippen LogP contribution is -2.04. The van der Waals surface area contributed by atoms with E-state index in [2.05, 4.69) is 0 Å².